The Balaban J connectivity index is 1.05. The highest BCUT2D eigenvalue weighted by molar-refractivity contribution is 6.22. The highest BCUT2D eigenvalue weighted by Gasteiger charge is 2.22. The van der Waals surface area contributed by atoms with Crippen LogP contribution < -0.4 is 0 Å². The lowest BCUT2D eigenvalue weighted by atomic mass is 10.0. The van der Waals surface area contributed by atoms with Crippen LogP contribution >= 0.6 is 0 Å². The van der Waals surface area contributed by atoms with Gasteiger partial charge in [0.15, 0.2) is 0 Å². The molecule has 0 spiro atoms. The van der Waals surface area contributed by atoms with Crippen LogP contribution in [-0.4, -0.2) is 9.13 Å². The van der Waals surface area contributed by atoms with Crippen molar-refractivity contribution in [1.29, 1.82) is 0 Å². The molecule has 0 fully saturated rings. The summed E-state index contributed by atoms with van der Waals surface area (Å²) in [6.45, 7) is 0. The van der Waals surface area contributed by atoms with E-state index in [0.717, 1.165) is 88.7 Å². The van der Waals surface area contributed by atoms with Crippen molar-refractivity contribution in [3.05, 3.63) is 182 Å². The molecular formula is C50H30N2O2. The van der Waals surface area contributed by atoms with E-state index in [0.29, 0.717) is 0 Å². The van der Waals surface area contributed by atoms with Crippen LogP contribution in [0.4, 0.5) is 0 Å². The Morgan fingerprint density at radius 1 is 0.333 bits per heavy atom. The van der Waals surface area contributed by atoms with Gasteiger partial charge in [-0.25, -0.2) is 0 Å². The Hall–Kier alpha value is -7.30. The van der Waals surface area contributed by atoms with Crippen LogP contribution in [0, 0.1) is 0 Å². The third kappa shape index (κ3) is 4.13. The SMILES string of the molecule is c1ccc(-n2c3oc4ccccc4c3c3cccc(-c4cccc(-n5c6ccccc6c6cc(-c7ccc8c(c7)oc7ccccc78)ccc65)c4)c32)cc1. The fourth-order valence-corrected chi connectivity index (χ4v) is 8.74. The topological polar surface area (TPSA) is 36.1 Å². The molecule has 0 unspecified atom stereocenters. The molecule has 8 aromatic carbocycles. The molecular weight excluding hydrogens is 661 g/mol. The smallest absolute Gasteiger partial charge is 0.213 e. The van der Waals surface area contributed by atoms with Crippen molar-refractivity contribution in [2.45, 2.75) is 0 Å². The zero-order valence-corrected chi connectivity index (χ0v) is 29.0. The van der Waals surface area contributed by atoms with Crippen LogP contribution in [0.5, 0.6) is 0 Å². The van der Waals surface area contributed by atoms with Crippen molar-refractivity contribution in [2.24, 2.45) is 0 Å². The molecule has 0 radical (unpaired) electrons. The number of benzene rings is 8. The Kier molecular flexibility index (Phi) is 6.02. The molecule has 0 N–H and O–H groups in total. The van der Waals surface area contributed by atoms with Crippen molar-refractivity contribution in [1.82, 2.24) is 9.13 Å². The number of para-hydroxylation sites is 5. The first-order chi connectivity index (χ1) is 26.8. The summed E-state index contributed by atoms with van der Waals surface area (Å²) in [7, 11) is 0. The van der Waals surface area contributed by atoms with Crippen LogP contribution in [0.1, 0.15) is 0 Å². The predicted molar refractivity (Wildman–Crippen MR) is 223 cm³/mol. The highest BCUT2D eigenvalue weighted by Crippen LogP contribution is 2.43. The predicted octanol–water partition coefficient (Wildman–Crippen LogP) is 13.9. The number of hydrogen-bond acceptors (Lipinski definition) is 2. The van der Waals surface area contributed by atoms with Crippen LogP contribution in [-0.2, 0) is 0 Å². The van der Waals surface area contributed by atoms with E-state index in [1.807, 2.05) is 18.2 Å². The second-order valence-corrected chi connectivity index (χ2v) is 14.1. The van der Waals surface area contributed by atoms with Gasteiger partial charge in [-0.05, 0) is 83.4 Å². The van der Waals surface area contributed by atoms with Gasteiger partial charge in [0, 0.05) is 49.3 Å². The first-order valence-corrected chi connectivity index (χ1v) is 18.3. The van der Waals surface area contributed by atoms with Gasteiger partial charge in [0.05, 0.1) is 21.9 Å². The molecule has 4 heterocycles. The summed E-state index contributed by atoms with van der Waals surface area (Å²) in [4.78, 5) is 0. The minimum absolute atomic E-state index is 0.860. The van der Waals surface area contributed by atoms with Gasteiger partial charge in [-0.3, -0.25) is 4.57 Å². The van der Waals surface area contributed by atoms with Gasteiger partial charge in [-0.2, -0.15) is 0 Å². The Morgan fingerprint density at radius 3 is 1.87 bits per heavy atom. The lowest BCUT2D eigenvalue weighted by molar-refractivity contribution is 0.645. The minimum Gasteiger partial charge on any atom is -0.456 e. The summed E-state index contributed by atoms with van der Waals surface area (Å²) >= 11 is 0. The van der Waals surface area contributed by atoms with Gasteiger partial charge in [0.2, 0.25) is 5.71 Å². The number of aromatic nitrogens is 2. The van der Waals surface area contributed by atoms with E-state index in [4.69, 9.17) is 8.83 Å². The van der Waals surface area contributed by atoms with E-state index in [-0.39, 0.29) is 0 Å². The van der Waals surface area contributed by atoms with E-state index in [9.17, 15) is 0 Å². The molecule has 0 bridgehead atoms. The molecule has 12 rings (SSSR count). The summed E-state index contributed by atoms with van der Waals surface area (Å²) in [6, 6.07) is 64.8. The zero-order chi connectivity index (χ0) is 35.3. The monoisotopic (exact) mass is 690 g/mol. The third-order valence-electron chi connectivity index (χ3n) is 11.1. The van der Waals surface area contributed by atoms with Crippen molar-refractivity contribution < 1.29 is 8.83 Å². The molecule has 4 aromatic heterocycles. The van der Waals surface area contributed by atoms with Gasteiger partial charge >= 0.3 is 0 Å². The van der Waals surface area contributed by atoms with Gasteiger partial charge in [-0.15, -0.1) is 0 Å². The summed E-state index contributed by atoms with van der Waals surface area (Å²) in [5.74, 6) is 0. The molecule has 12 aromatic rings. The third-order valence-corrected chi connectivity index (χ3v) is 11.1. The second-order valence-electron chi connectivity index (χ2n) is 14.1. The number of fused-ring (bicyclic) bond motifs is 11. The summed E-state index contributed by atoms with van der Waals surface area (Å²) in [6.07, 6.45) is 0. The second kappa shape index (κ2) is 11.1. The van der Waals surface area contributed by atoms with E-state index >= 15 is 0 Å². The first-order valence-electron chi connectivity index (χ1n) is 18.3. The molecule has 252 valence electrons. The molecule has 54 heavy (non-hydrogen) atoms. The quantitative estimate of drug-likeness (QED) is 0.184. The Morgan fingerprint density at radius 2 is 0.981 bits per heavy atom. The molecule has 0 amide bonds. The fraction of sp³-hybridized carbons (Fsp3) is 0. The summed E-state index contributed by atoms with van der Waals surface area (Å²) in [5, 5.41) is 8.15. The molecule has 4 nitrogen and oxygen atoms in total. The summed E-state index contributed by atoms with van der Waals surface area (Å²) in [5.41, 5.74) is 13.8. The average molecular weight is 691 g/mol. The zero-order valence-electron chi connectivity index (χ0n) is 29.0. The fourth-order valence-electron chi connectivity index (χ4n) is 8.74. The lowest BCUT2D eigenvalue weighted by Gasteiger charge is -2.13. The van der Waals surface area contributed by atoms with Crippen LogP contribution in [0.15, 0.2) is 191 Å². The van der Waals surface area contributed by atoms with Crippen LogP contribution in [0.3, 0.4) is 0 Å². The number of rotatable bonds is 4. The maximum Gasteiger partial charge on any atom is 0.213 e. The van der Waals surface area contributed by atoms with E-state index in [1.165, 1.54) is 21.7 Å². The molecule has 0 saturated heterocycles. The number of nitrogens with zero attached hydrogens (tertiary/aromatic N) is 2. The van der Waals surface area contributed by atoms with E-state index in [1.54, 1.807) is 0 Å². The van der Waals surface area contributed by atoms with Crippen molar-refractivity contribution >= 4 is 76.7 Å². The largest absolute Gasteiger partial charge is 0.456 e. The maximum atomic E-state index is 6.62. The first kappa shape index (κ1) is 29.3. The molecule has 4 heteroatoms. The van der Waals surface area contributed by atoms with Crippen molar-refractivity contribution in [3.63, 3.8) is 0 Å². The Labute approximate surface area is 309 Å². The number of furan rings is 2. The van der Waals surface area contributed by atoms with Gasteiger partial charge in [0.25, 0.3) is 0 Å². The molecule has 0 aliphatic heterocycles. The normalized spacial score (nSPS) is 12.1. The van der Waals surface area contributed by atoms with Crippen LogP contribution in [0.2, 0.25) is 0 Å². The molecule has 0 aliphatic rings. The Bertz CT molecular complexity index is 3450. The molecule has 0 atom stereocenters. The van der Waals surface area contributed by atoms with E-state index in [2.05, 4.69) is 173 Å². The van der Waals surface area contributed by atoms with Crippen LogP contribution in [0.25, 0.3) is 110 Å². The van der Waals surface area contributed by atoms with Gasteiger partial charge in [0.1, 0.15) is 16.7 Å². The number of hydrogen-bond donors (Lipinski definition) is 0. The van der Waals surface area contributed by atoms with Gasteiger partial charge in [-0.1, -0.05) is 115 Å². The molecule has 0 saturated carbocycles. The summed E-state index contributed by atoms with van der Waals surface area (Å²) < 4.78 is 17.6. The molecule has 0 aliphatic carbocycles. The maximum absolute atomic E-state index is 6.62. The lowest BCUT2D eigenvalue weighted by Crippen LogP contribution is -1.96. The van der Waals surface area contributed by atoms with Crippen molar-refractivity contribution in [2.75, 3.05) is 0 Å². The van der Waals surface area contributed by atoms with Gasteiger partial charge < -0.3 is 13.4 Å². The van der Waals surface area contributed by atoms with Crippen molar-refractivity contribution in [3.8, 4) is 33.6 Å². The minimum atomic E-state index is 0.860. The standard InChI is InChI=1S/C50H30N2O2/c1-2-13-34(14-3-1)52-49-36(19-11-20-41(49)48-40-18-6-9-23-46(40)54-50(48)52)33-12-10-15-35(28-33)51-43-21-7-4-16-37(43)42-29-31(25-27-44(42)51)32-24-26-39-38-17-5-8-22-45(38)53-47(39)30-32/h1-30H. The van der Waals surface area contributed by atoms with E-state index < -0.39 is 0 Å². The average Bonchev–Trinajstić information content (AvgIpc) is 3.97. The highest BCUT2D eigenvalue weighted by atomic mass is 16.3.